The molecule has 0 bridgehead atoms. The molecule has 1 aromatic carbocycles. The van der Waals surface area contributed by atoms with Gasteiger partial charge in [0.15, 0.2) is 11.5 Å². The van der Waals surface area contributed by atoms with Gasteiger partial charge >= 0.3 is 0 Å². The van der Waals surface area contributed by atoms with E-state index in [0.717, 1.165) is 4.90 Å². The highest BCUT2D eigenvalue weighted by Crippen LogP contribution is 2.35. The molecule has 0 aromatic heterocycles. The molecule has 0 fully saturated rings. The molecule has 3 nitrogen and oxygen atoms in total. The van der Waals surface area contributed by atoms with Crippen molar-refractivity contribution in [2.24, 2.45) is 5.73 Å². The molecule has 0 atom stereocenters. The van der Waals surface area contributed by atoms with Gasteiger partial charge in [0.2, 0.25) is 0 Å². The second kappa shape index (κ2) is 5.39. The number of ether oxygens (including phenoxy) is 1. The summed E-state index contributed by atoms with van der Waals surface area (Å²) >= 11 is 7.46. The highest BCUT2D eigenvalue weighted by atomic mass is 35.5. The average molecular weight is 246 g/mol. The molecule has 82 valence electrons. The molecule has 0 radical (unpaired) electrons. The molecule has 0 aliphatic rings. The van der Waals surface area contributed by atoms with Crippen molar-refractivity contribution in [3.05, 3.63) is 22.7 Å². The Bertz CT molecular complexity index is 382. The van der Waals surface area contributed by atoms with Crippen molar-refractivity contribution in [1.82, 2.24) is 0 Å². The summed E-state index contributed by atoms with van der Waals surface area (Å²) in [5.74, 6) is 0.465. The van der Waals surface area contributed by atoms with Crippen LogP contribution in [0.25, 0.3) is 0 Å². The number of nitrogens with two attached hydrogens (primary N) is 1. The Morgan fingerprint density at radius 1 is 1.60 bits per heavy atom. The van der Waals surface area contributed by atoms with Crippen LogP contribution < -0.4 is 10.5 Å². The van der Waals surface area contributed by atoms with Gasteiger partial charge in [-0.3, -0.25) is 4.79 Å². The number of benzene rings is 1. The van der Waals surface area contributed by atoms with Gasteiger partial charge in [0.25, 0.3) is 0 Å². The van der Waals surface area contributed by atoms with Crippen molar-refractivity contribution in [2.75, 3.05) is 19.9 Å². The Balaban J connectivity index is 3.25. The van der Waals surface area contributed by atoms with Crippen LogP contribution >= 0.6 is 23.4 Å². The van der Waals surface area contributed by atoms with E-state index in [1.165, 1.54) is 11.8 Å². The number of methoxy groups -OCH3 is 1. The van der Waals surface area contributed by atoms with Crippen LogP contribution in [-0.4, -0.2) is 25.7 Å². The fraction of sp³-hybridized carbons (Fsp3) is 0.300. The smallest absolute Gasteiger partial charge is 0.176 e. The molecule has 1 aromatic rings. The van der Waals surface area contributed by atoms with Crippen LogP contribution in [0.15, 0.2) is 17.0 Å². The lowest BCUT2D eigenvalue weighted by atomic mass is 10.1. The maximum Gasteiger partial charge on any atom is 0.176 e. The van der Waals surface area contributed by atoms with Gasteiger partial charge in [-0.2, -0.15) is 0 Å². The predicted octanol–water partition coefficient (Wildman–Crippen LogP) is 2.21. The van der Waals surface area contributed by atoms with E-state index in [4.69, 9.17) is 22.1 Å². The van der Waals surface area contributed by atoms with Crippen molar-refractivity contribution in [2.45, 2.75) is 4.90 Å². The number of Topliss-reactive ketones (excluding diaryl/α,β-unsaturated/α-hetero) is 1. The van der Waals surface area contributed by atoms with Crippen molar-refractivity contribution < 1.29 is 9.53 Å². The van der Waals surface area contributed by atoms with Gasteiger partial charge in [0, 0.05) is 5.56 Å². The number of hydrogen-bond acceptors (Lipinski definition) is 4. The average Bonchev–Trinajstić information content (AvgIpc) is 2.26. The lowest BCUT2D eigenvalue weighted by Gasteiger charge is -2.10. The zero-order valence-corrected chi connectivity index (χ0v) is 10.1. The van der Waals surface area contributed by atoms with E-state index in [1.54, 1.807) is 19.2 Å². The highest BCUT2D eigenvalue weighted by molar-refractivity contribution is 7.98. The minimum absolute atomic E-state index is 0.0174. The van der Waals surface area contributed by atoms with Crippen LogP contribution in [0.2, 0.25) is 5.02 Å². The predicted molar refractivity (Wildman–Crippen MR) is 63.2 cm³/mol. The molecule has 5 heteroatoms. The molecule has 0 spiro atoms. The van der Waals surface area contributed by atoms with E-state index < -0.39 is 0 Å². The summed E-state index contributed by atoms with van der Waals surface area (Å²) in [7, 11) is 1.55. The first-order chi connectivity index (χ1) is 7.13. The third kappa shape index (κ3) is 2.65. The minimum Gasteiger partial charge on any atom is -0.494 e. The first-order valence-electron chi connectivity index (χ1n) is 4.28. The second-order valence-corrected chi connectivity index (χ2v) is 4.08. The zero-order valence-electron chi connectivity index (χ0n) is 8.54. The topological polar surface area (TPSA) is 52.3 Å². The van der Waals surface area contributed by atoms with Gasteiger partial charge in [-0.25, -0.2) is 0 Å². The molecule has 0 saturated carbocycles. The largest absolute Gasteiger partial charge is 0.494 e. The first kappa shape index (κ1) is 12.4. The number of halogens is 1. The Morgan fingerprint density at radius 2 is 2.27 bits per heavy atom. The van der Waals surface area contributed by atoms with Crippen LogP contribution in [-0.2, 0) is 0 Å². The van der Waals surface area contributed by atoms with Gasteiger partial charge < -0.3 is 10.5 Å². The third-order valence-electron chi connectivity index (χ3n) is 1.94. The lowest BCUT2D eigenvalue weighted by molar-refractivity contribution is 0.100. The molecule has 0 unspecified atom stereocenters. The number of thioether (sulfide) groups is 1. The molecular formula is C10H12ClNO2S. The number of hydrogen-bond donors (Lipinski definition) is 1. The van der Waals surface area contributed by atoms with E-state index in [1.807, 2.05) is 6.26 Å². The van der Waals surface area contributed by atoms with Crippen molar-refractivity contribution >= 4 is 29.1 Å². The number of ketones is 1. The van der Waals surface area contributed by atoms with Gasteiger partial charge in [0.1, 0.15) is 0 Å². The fourth-order valence-electron chi connectivity index (χ4n) is 1.20. The van der Waals surface area contributed by atoms with Gasteiger partial charge in [-0.05, 0) is 18.4 Å². The van der Waals surface area contributed by atoms with Gasteiger partial charge in [-0.1, -0.05) is 11.6 Å². The maximum atomic E-state index is 11.4. The normalized spacial score (nSPS) is 10.1. The van der Waals surface area contributed by atoms with E-state index in [-0.39, 0.29) is 12.3 Å². The van der Waals surface area contributed by atoms with Crippen LogP contribution in [0.5, 0.6) is 5.75 Å². The van der Waals surface area contributed by atoms with Crippen molar-refractivity contribution in [3.63, 3.8) is 0 Å². The molecule has 0 aliphatic carbocycles. The lowest BCUT2D eigenvalue weighted by Crippen LogP contribution is -2.13. The number of carbonyl (C=O) groups excluding carboxylic acids is 1. The van der Waals surface area contributed by atoms with Crippen molar-refractivity contribution in [1.29, 1.82) is 0 Å². The third-order valence-corrected chi connectivity index (χ3v) is 2.96. The summed E-state index contributed by atoms with van der Waals surface area (Å²) < 4.78 is 5.14. The first-order valence-corrected chi connectivity index (χ1v) is 5.89. The van der Waals surface area contributed by atoms with Gasteiger partial charge in [0.05, 0.1) is 23.6 Å². The Hall–Kier alpha value is -0.710. The Morgan fingerprint density at radius 3 is 2.73 bits per heavy atom. The molecule has 15 heavy (non-hydrogen) atoms. The standard InChI is InChI=1S/C10H12ClNO2S/c1-14-10-7(11)3-6(8(13)5-12)4-9(10)15-2/h3-4H,5,12H2,1-2H3. The zero-order chi connectivity index (χ0) is 11.4. The van der Waals surface area contributed by atoms with Crippen LogP contribution in [0.4, 0.5) is 0 Å². The van der Waals surface area contributed by atoms with Gasteiger partial charge in [-0.15, -0.1) is 11.8 Å². The maximum absolute atomic E-state index is 11.4. The summed E-state index contributed by atoms with van der Waals surface area (Å²) in [5.41, 5.74) is 5.81. The van der Waals surface area contributed by atoms with E-state index in [2.05, 4.69) is 0 Å². The molecule has 0 amide bonds. The molecule has 0 aliphatic heterocycles. The number of rotatable bonds is 4. The molecular weight excluding hydrogens is 234 g/mol. The summed E-state index contributed by atoms with van der Waals surface area (Å²) in [6.45, 7) is -0.0174. The van der Waals surface area contributed by atoms with E-state index in [9.17, 15) is 4.79 Å². The Labute approximate surface area is 97.9 Å². The van der Waals surface area contributed by atoms with Crippen LogP contribution in [0.1, 0.15) is 10.4 Å². The number of carbonyl (C=O) groups is 1. The molecule has 2 N–H and O–H groups in total. The summed E-state index contributed by atoms with van der Waals surface area (Å²) in [4.78, 5) is 12.2. The second-order valence-electron chi connectivity index (χ2n) is 2.82. The minimum atomic E-state index is -0.130. The molecule has 1 rings (SSSR count). The quantitative estimate of drug-likeness (QED) is 0.653. The highest BCUT2D eigenvalue weighted by Gasteiger charge is 2.12. The van der Waals surface area contributed by atoms with Crippen LogP contribution in [0.3, 0.4) is 0 Å². The molecule has 0 saturated heterocycles. The fourth-order valence-corrected chi connectivity index (χ4v) is 2.17. The summed E-state index contributed by atoms with van der Waals surface area (Å²) in [5, 5.41) is 0.432. The molecule has 0 heterocycles. The summed E-state index contributed by atoms with van der Waals surface area (Å²) in [6.07, 6.45) is 1.89. The SMILES string of the molecule is COc1c(Cl)cc(C(=O)CN)cc1SC. The van der Waals surface area contributed by atoms with Crippen LogP contribution in [0, 0.1) is 0 Å². The summed E-state index contributed by atoms with van der Waals surface area (Å²) in [6, 6.07) is 3.32. The van der Waals surface area contributed by atoms with E-state index >= 15 is 0 Å². The monoisotopic (exact) mass is 245 g/mol. The van der Waals surface area contributed by atoms with Crippen molar-refractivity contribution in [3.8, 4) is 5.75 Å². The Kier molecular flexibility index (Phi) is 4.45. The van der Waals surface area contributed by atoms with E-state index in [0.29, 0.717) is 16.3 Å².